The maximum atomic E-state index is 12.7. The van der Waals surface area contributed by atoms with E-state index >= 15 is 0 Å². The summed E-state index contributed by atoms with van der Waals surface area (Å²) in [6, 6.07) is 31.4. The number of amides is 1. The SMILES string of the molecule is N#CC(=Cc1cn(Cc2ccccc2)nc1-c1ccccc1)C(=O)NCc1ccccc1. The molecule has 0 aliphatic rings. The molecule has 5 nitrogen and oxygen atoms in total. The number of hydrogen-bond acceptors (Lipinski definition) is 3. The van der Waals surface area contributed by atoms with Crippen molar-refractivity contribution in [2.75, 3.05) is 0 Å². The molecule has 4 rings (SSSR count). The third-order valence-corrected chi connectivity index (χ3v) is 4.99. The molecule has 1 amide bonds. The van der Waals surface area contributed by atoms with Crippen LogP contribution in [0.2, 0.25) is 0 Å². The van der Waals surface area contributed by atoms with Crippen LogP contribution >= 0.6 is 0 Å². The number of hydrogen-bond donors (Lipinski definition) is 1. The summed E-state index contributed by atoms with van der Waals surface area (Å²) in [6.45, 7) is 0.952. The molecule has 156 valence electrons. The number of nitrogens with one attached hydrogen (secondary N) is 1. The molecule has 0 bridgehead atoms. The largest absolute Gasteiger partial charge is 0.347 e. The first-order chi connectivity index (χ1) is 15.7. The van der Waals surface area contributed by atoms with Gasteiger partial charge in [0.1, 0.15) is 11.6 Å². The molecular weight excluding hydrogens is 396 g/mol. The Morgan fingerprint density at radius 1 is 0.906 bits per heavy atom. The summed E-state index contributed by atoms with van der Waals surface area (Å²) in [4.78, 5) is 12.7. The Hall–Kier alpha value is -4.43. The molecule has 0 saturated heterocycles. The van der Waals surface area contributed by atoms with Crippen LogP contribution in [0.4, 0.5) is 0 Å². The normalized spacial score (nSPS) is 11.0. The number of aromatic nitrogens is 2. The molecule has 0 unspecified atom stereocenters. The van der Waals surface area contributed by atoms with Crippen molar-refractivity contribution in [1.29, 1.82) is 5.26 Å². The molecule has 0 atom stereocenters. The van der Waals surface area contributed by atoms with E-state index in [2.05, 4.69) is 5.32 Å². The van der Waals surface area contributed by atoms with Gasteiger partial charge in [-0.25, -0.2) is 0 Å². The molecule has 0 aliphatic heterocycles. The van der Waals surface area contributed by atoms with Gasteiger partial charge in [-0.05, 0) is 17.2 Å². The van der Waals surface area contributed by atoms with Crippen LogP contribution in [0.25, 0.3) is 17.3 Å². The molecule has 1 heterocycles. The zero-order valence-corrected chi connectivity index (χ0v) is 17.5. The van der Waals surface area contributed by atoms with Gasteiger partial charge in [0.2, 0.25) is 0 Å². The number of carbonyl (C=O) groups is 1. The fraction of sp³-hybridized carbons (Fsp3) is 0.0741. The summed E-state index contributed by atoms with van der Waals surface area (Å²) in [5.74, 6) is -0.411. The van der Waals surface area contributed by atoms with Gasteiger partial charge in [-0.3, -0.25) is 9.48 Å². The maximum absolute atomic E-state index is 12.7. The van der Waals surface area contributed by atoms with E-state index in [0.717, 1.165) is 27.9 Å². The Kier molecular flexibility index (Phi) is 6.54. The smallest absolute Gasteiger partial charge is 0.262 e. The lowest BCUT2D eigenvalue weighted by Gasteiger charge is -2.04. The molecule has 0 spiro atoms. The summed E-state index contributed by atoms with van der Waals surface area (Å²) in [6.07, 6.45) is 3.48. The number of rotatable bonds is 7. The summed E-state index contributed by atoms with van der Waals surface area (Å²) >= 11 is 0. The van der Waals surface area contributed by atoms with Crippen molar-refractivity contribution in [2.45, 2.75) is 13.1 Å². The minimum absolute atomic E-state index is 0.0392. The molecule has 1 aromatic heterocycles. The van der Waals surface area contributed by atoms with Gasteiger partial charge in [-0.2, -0.15) is 10.4 Å². The van der Waals surface area contributed by atoms with Gasteiger partial charge in [-0.15, -0.1) is 0 Å². The van der Waals surface area contributed by atoms with Crippen LogP contribution in [0.1, 0.15) is 16.7 Å². The van der Waals surface area contributed by atoms with E-state index in [-0.39, 0.29) is 5.57 Å². The lowest BCUT2D eigenvalue weighted by Crippen LogP contribution is -2.23. The lowest BCUT2D eigenvalue weighted by molar-refractivity contribution is -0.117. The van der Waals surface area contributed by atoms with Crippen molar-refractivity contribution in [2.24, 2.45) is 0 Å². The summed E-state index contributed by atoms with van der Waals surface area (Å²) in [5, 5.41) is 17.2. The van der Waals surface area contributed by atoms with Crippen molar-refractivity contribution >= 4 is 12.0 Å². The highest BCUT2D eigenvalue weighted by Crippen LogP contribution is 2.24. The first kappa shape index (κ1) is 20.8. The number of nitrogens with zero attached hydrogens (tertiary/aromatic N) is 3. The molecule has 0 radical (unpaired) electrons. The van der Waals surface area contributed by atoms with E-state index in [0.29, 0.717) is 13.1 Å². The van der Waals surface area contributed by atoms with Crippen molar-refractivity contribution in [3.05, 3.63) is 119 Å². The second-order valence-electron chi connectivity index (χ2n) is 7.32. The van der Waals surface area contributed by atoms with Crippen molar-refractivity contribution in [3.63, 3.8) is 0 Å². The van der Waals surface area contributed by atoms with Crippen molar-refractivity contribution in [3.8, 4) is 17.3 Å². The monoisotopic (exact) mass is 418 g/mol. The van der Waals surface area contributed by atoms with E-state index in [1.165, 1.54) is 0 Å². The zero-order chi connectivity index (χ0) is 22.2. The minimum Gasteiger partial charge on any atom is -0.347 e. The third kappa shape index (κ3) is 5.18. The molecule has 0 fully saturated rings. The Morgan fingerprint density at radius 3 is 2.12 bits per heavy atom. The van der Waals surface area contributed by atoms with Gasteiger partial charge in [-0.1, -0.05) is 91.0 Å². The number of benzene rings is 3. The molecular formula is C27H22N4O. The molecule has 0 aliphatic carbocycles. The molecule has 5 heteroatoms. The Balaban J connectivity index is 1.63. The second-order valence-corrected chi connectivity index (χ2v) is 7.32. The molecule has 3 aromatic carbocycles. The zero-order valence-electron chi connectivity index (χ0n) is 17.5. The Bertz CT molecular complexity index is 1250. The summed E-state index contributed by atoms with van der Waals surface area (Å²) in [7, 11) is 0. The molecule has 1 N–H and O–H groups in total. The molecule has 4 aromatic rings. The van der Waals surface area contributed by atoms with Crippen LogP contribution in [0.5, 0.6) is 0 Å². The standard InChI is InChI=1S/C27H22N4O/c28-17-24(27(32)29-18-21-10-4-1-5-11-21)16-25-20-31(19-22-12-6-2-7-13-22)30-26(25)23-14-8-3-9-15-23/h1-16,20H,18-19H2,(H,29,32). The average molecular weight is 419 g/mol. The first-order valence-electron chi connectivity index (χ1n) is 10.3. The van der Waals surface area contributed by atoms with Gasteiger partial charge in [0.05, 0.1) is 12.2 Å². The summed E-state index contributed by atoms with van der Waals surface area (Å²) < 4.78 is 1.83. The predicted octanol–water partition coefficient (Wildman–Crippen LogP) is 4.82. The Labute approximate surface area is 187 Å². The van der Waals surface area contributed by atoms with E-state index in [4.69, 9.17) is 5.10 Å². The highest BCUT2D eigenvalue weighted by molar-refractivity contribution is 6.02. The highest BCUT2D eigenvalue weighted by atomic mass is 16.1. The summed E-state index contributed by atoms with van der Waals surface area (Å²) in [5.41, 5.74) is 4.50. The van der Waals surface area contributed by atoms with Gasteiger partial charge in [0.15, 0.2) is 0 Å². The van der Waals surface area contributed by atoms with E-state index in [9.17, 15) is 10.1 Å². The van der Waals surface area contributed by atoms with Gasteiger partial charge < -0.3 is 5.32 Å². The highest BCUT2D eigenvalue weighted by Gasteiger charge is 2.14. The average Bonchev–Trinajstić information content (AvgIpc) is 3.25. The maximum Gasteiger partial charge on any atom is 0.262 e. The van der Waals surface area contributed by atoms with E-state index < -0.39 is 5.91 Å². The van der Waals surface area contributed by atoms with Gasteiger partial charge in [0, 0.05) is 23.9 Å². The topological polar surface area (TPSA) is 70.7 Å². The van der Waals surface area contributed by atoms with Crippen molar-refractivity contribution in [1.82, 2.24) is 15.1 Å². The quantitative estimate of drug-likeness (QED) is 0.345. The van der Waals surface area contributed by atoms with Crippen molar-refractivity contribution < 1.29 is 4.79 Å². The molecule has 32 heavy (non-hydrogen) atoms. The first-order valence-corrected chi connectivity index (χ1v) is 10.3. The minimum atomic E-state index is -0.411. The fourth-order valence-corrected chi connectivity index (χ4v) is 3.39. The van der Waals surface area contributed by atoms with Crippen LogP contribution < -0.4 is 5.32 Å². The Morgan fingerprint density at radius 2 is 1.50 bits per heavy atom. The predicted molar refractivity (Wildman–Crippen MR) is 125 cm³/mol. The number of carbonyl (C=O) groups excluding carboxylic acids is 1. The van der Waals surface area contributed by atoms with Gasteiger partial charge >= 0.3 is 0 Å². The van der Waals surface area contributed by atoms with Crippen LogP contribution in [0.15, 0.2) is 103 Å². The molecule has 0 saturated carbocycles. The van der Waals surface area contributed by atoms with Crippen LogP contribution in [0.3, 0.4) is 0 Å². The van der Waals surface area contributed by atoms with E-state index in [1.807, 2.05) is 108 Å². The van der Waals surface area contributed by atoms with E-state index in [1.54, 1.807) is 6.08 Å². The third-order valence-electron chi connectivity index (χ3n) is 4.99. The van der Waals surface area contributed by atoms with Crippen LogP contribution in [-0.4, -0.2) is 15.7 Å². The number of nitriles is 1. The lowest BCUT2D eigenvalue weighted by atomic mass is 10.1. The second kappa shape index (κ2) is 10.1. The van der Waals surface area contributed by atoms with Crippen LogP contribution in [-0.2, 0) is 17.9 Å². The fourth-order valence-electron chi connectivity index (χ4n) is 3.39. The van der Waals surface area contributed by atoms with Gasteiger partial charge in [0.25, 0.3) is 5.91 Å². The van der Waals surface area contributed by atoms with Crippen LogP contribution in [0, 0.1) is 11.3 Å².